The van der Waals surface area contributed by atoms with Crippen LogP contribution >= 0.6 is 11.6 Å². The molecule has 1 amide bonds. The van der Waals surface area contributed by atoms with Gasteiger partial charge in [0, 0.05) is 31.9 Å². The fraction of sp³-hybridized carbons (Fsp3) is 0.300. The van der Waals surface area contributed by atoms with Crippen LogP contribution in [-0.2, 0) is 19.4 Å². The Morgan fingerprint density at radius 1 is 1.16 bits per heavy atom. The normalized spacial score (nSPS) is 17.4. The smallest absolute Gasteiger partial charge is 0.355 e. The Balaban J connectivity index is 1.66. The zero-order valence-electron chi connectivity index (χ0n) is 24.2. The molecule has 15 heteroatoms. The maximum atomic E-state index is 15.0. The molecule has 0 unspecified atom stereocenters. The first kappa shape index (κ1) is 30.7. The second-order valence-corrected chi connectivity index (χ2v) is 13.4. The average Bonchev–Trinajstić information content (AvgIpc) is 2.96. The predicted octanol–water partition coefficient (Wildman–Crippen LogP) is 3.48. The number of amides is 1. The number of carbonyl (C=O) groups excluding carboxylic acids is 1. The summed E-state index contributed by atoms with van der Waals surface area (Å²) in [6.07, 6.45) is 2.54. The van der Waals surface area contributed by atoms with Crippen LogP contribution in [-0.4, -0.2) is 82.9 Å². The number of carbonyl (C=O) groups is 1. The highest BCUT2D eigenvalue weighted by atomic mass is 35.5. The maximum absolute atomic E-state index is 15.0. The number of nitrogens with zero attached hydrogens (tertiary/aromatic N) is 6. The van der Waals surface area contributed by atoms with E-state index < -0.39 is 38.0 Å². The van der Waals surface area contributed by atoms with Gasteiger partial charge in [0.15, 0.2) is 10.7 Å². The first-order valence-corrected chi connectivity index (χ1v) is 15.9. The molecule has 0 N–H and O–H groups in total. The van der Waals surface area contributed by atoms with E-state index in [-0.39, 0.29) is 70.0 Å². The molecule has 2 aliphatic rings. The lowest BCUT2D eigenvalue weighted by atomic mass is 10.1. The number of anilines is 1. The summed E-state index contributed by atoms with van der Waals surface area (Å²) in [7, 11) is -4.08. The van der Waals surface area contributed by atoms with E-state index in [2.05, 4.69) is 21.5 Å². The summed E-state index contributed by atoms with van der Waals surface area (Å²) in [5.74, 6) is -1.95. The Labute approximate surface area is 261 Å². The van der Waals surface area contributed by atoms with Crippen molar-refractivity contribution in [1.82, 2.24) is 24.4 Å². The molecule has 5 heterocycles. The molecule has 0 aliphatic carbocycles. The molecule has 6 rings (SSSR count). The van der Waals surface area contributed by atoms with Crippen LogP contribution in [0.3, 0.4) is 0 Å². The highest BCUT2D eigenvalue weighted by Gasteiger charge is 2.38. The molecule has 3 aromatic heterocycles. The predicted molar refractivity (Wildman–Crippen MR) is 163 cm³/mol. The summed E-state index contributed by atoms with van der Waals surface area (Å²) in [5.41, 5.74) is -1.58. The number of piperazine rings is 1. The quantitative estimate of drug-likeness (QED) is 0.287. The van der Waals surface area contributed by atoms with E-state index in [0.717, 1.165) is 16.7 Å². The lowest BCUT2D eigenvalue weighted by Crippen LogP contribution is -2.54. The van der Waals surface area contributed by atoms with Crippen LogP contribution in [0.15, 0.2) is 59.0 Å². The van der Waals surface area contributed by atoms with Gasteiger partial charge in [-0.25, -0.2) is 36.5 Å². The van der Waals surface area contributed by atoms with E-state index >= 15 is 8.78 Å². The number of halogens is 3. The first-order chi connectivity index (χ1) is 21.4. The first-order valence-electron chi connectivity index (χ1n) is 14.0. The Morgan fingerprint density at radius 3 is 2.49 bits per heavy atom. The van der Waals surface area contributed by atoms with Gasteiger partial charge in [-0.2, -0.15) is 4.98 Å². The molecule has 1 atom stereocenters. The van der Waals surface area contributed by atoms with Gasteiger partial charge in [0.25, 0.3) is 0 Å². The summed E-state index contributed by atoms with van der Waals surface area (Å²) in [6, 6.07) is 5.90. The van der Waals surface area contributed by atoms with Gasteiger partial charge in [0.05, 0.1) is 40.6 Å². The molecule has 2 aliphatic heterocycles. The fourth-order valence-electron chi connectivity index (χ4n) is 5.58. The fourth-order valence-corrected chi connectivity index (χ4v) is 7.43. The standard InChI is InChI=1S/C30H27ClF2N6O5S/c1-4-23(40)37-10-11-38(17(3)13-37)27-19-12-20(31)25(24-21(32)6-5-7-22(24)33)35-28(19)39(30(41)36-27)26-16(2)8-9-34-29(26)45(42,43)18-14-44-15-18/h4-9,12,17-18H,1,10-11,13-15H2,2-3H3/t17-/m0/s1. The lowest BCUT2D eigenvalue weighted by Gasteiger charge is -2.40. The number of pyridine rings is 2. The van der Waals surface area contributed by atoms with Gasteiger partial charge >= 0.3 is 5.69 Å². The molecule has 45 heavy (non-hydrogen) atoms. The number of hydrogen-bond donors (Lipinski definition) is 0. The van der Waals surface area contributed by atoms with Gasteiger partial charge in [0.1, 0.15) is 22.7 Å². The summed E-state index contributed by atoms with van der Waals surface area (Å²) < 4.78 is 63.4. The zero-order valence-corrected chi connectivity index (χ0v) is 25.8. The van der Waals surface area contributed by atoms with Crippen molar-refractivity contribution >= 4 is 44.2 Å². The third kappa shape index (κ3) is 5.16. The maximum Gasteiger partial charge on any atom is 0.355 e. The van der Waals surface area contributed by atoms with Crippen molar-refractivity contribution in [3.8, 4) is 16.9 Å². The van der Waals surface area contributed by atoms with Crippen LogP contribution in [0.5, 0.6) is 0 Å². The molecule has 0 saturated carbocycles. The van der Waals surface area contributed by atoms with E-state index in [9.17, 15) is 18.0 Å². The van der Waals surface area contributed by atoms with Crippen LogP contribution in [0.2, 0.25) is 5.02 Å². The number of aryl methyl sites for hydroxylation is 1. The molecule has 0 radical (unpaired) electrons. The van der Waals surface area contributed by atoms with Crippen LogP contribution in [0, 0.1) is 18.6 Å². The minimum atomic E-state index is -4.08. The van der Waals surface area contributed by atoms with Crippen molar-refractivity contribution in [2.24, 2.45) is 0 Å². The van der Waals surface area contributed by atoms with Crippen molar-refractivity contribution in [3.05, 3.63) is 81.9 Å². The van der Waals surface area contributed by atoms with E-state index in [1.54, 1.807) is 11.8 Å². The van der Waals surface area contributed by atoms with Gasteiger partial charge in [-0.3, -0.25) is 4.79 Å². The van der Waals surface area contributed by atoms with Gasteiger partial charge < -0.3 is 14.5 Å². The summed E-state index contributed by atoms with van der Waals surface area (Å²) in [6.45, 7) is 7.79. The van der Waals surface area contributed by atoms with E-state index in [4.69, 9.17) is 16.3 Å². The SMILES string of the molecule is C=CC(=O)N1CCN(c2nc(=O)n(-c3c(C)ccnc3S(=O)(=O)C3COC3)c3nc(-c4c(F)cccc4F)c(Cl)cc23)[C@@H](C)C1. The van der Waals surface area contributed by atoms with Gasteiger partial charge in [-0.1, -0.05) is 24.2 Å². The monoisotopic (exact) mass is 656 g/mol. The number of sulfone groups is 1. The lowest BCUT2D eigenvalue weighted by molar-refractivity contribution is -0.126. The second-order valence-electron chi connectivity index (χ2n) is 10.9. The van der Waals surface area contributed by atoms with Gasteiger partial charge in [-0.05, 0) is 49.8 Å². The molecule has 0 bridgehead atoms. The zero-order chi connectivity index (χ0) is 32.2. The number of hydrogen-bond acceptors (Lipinski definition) is 9. The van der Waals surface area contributed by atoms with Crippen LogP contribution < -0.4 is 10.6 Å². The minimum Gasteiger partial charge on any atom is -0.379 e. The highest BCUT2D eigenvalue weighted by Crippen LogP contribution is 2.37. The van der Waals surface area contributed by atoms with Crippen molar-refractivity contribution in [1.29, 1.82) is 0 Å². The van der Waals surface area contributed by atoms with E-state index in [0.29, 0.717) is 18.7 Å². The number of aromatic nitrogens is 4. The van der Waals surface area contributed by atoms with Gasteiger partial charge in [0.2, 0.25) is 15.7 Å². The number of ether oxygens (including phenoxy) is 1. The van der Waals surface area contributed by atoms with Crippen molar-refractivity contribution < 1.29 is 26.7 Å². The van der Waals surface area contributed by atoms with Crippen molar-refractivity contribution in [3.63, 3.8) is 0 Å². The third-order valence-corrected chi connectivity index (χ3v) is 10.3. The number of rotatable bonds is 6. The molecular weight excluding hydrogens is 630 g/mol. The Morgan fingerprint density at radius 2 is 1.87 bits per heavy atom. The number of fused-ring (bicyclic) bond motifs is 1. The minimum absolute atomic E-state index is 0.0347. The molecule has 2 fully saturated rings. The van der Waals surface area contributed by atoms with E-state index in [1.165, 1.54) is 30.5 Å². The van der Waals surface area contributed by atoms with Crippen LogP contribution in [0.4, 0.5) is 14.6 Å². The van der Waals surface area contributed by atoms with Crippen molar-refractivity contribution in [2.45, 2.75) is 30.2 Å². The van der Waals surface area contributed by atoms with Crippen molar-refractivity contribution in [2.75, 3.05) is 37.7 Å². The summed E-state index contributed by atoms with van der Waals surface area (Å²) in [4.78, 5) is 42.8. The molecular formula is C30H27ClF2N6O5S. The van der Waals surface area contributed by atoms with Crippen LogP contribution in [0.1, 0.15) is 12.5 Å². The molecule has 1 aromatic carbocycles. The number of benzene rings is 1. The van der Waals surface area contributed by atoms with Crippen LogP contribution in [0.25, 0.3) is 28.0 Å². The van der Waals surface area contributed by atoms with E-state index in [1.807, 2.05) is 11.8 Å². The molecule has 0 spiro atoms. The largest absolute Gasteiger partial charge is 0.379 e. The van der Waals surface area contributed by atoms with Gasteiger partial charge in [-0.15, -0.1) is 0 Å². The summed E-state index contributed by atoms with van der Waals surface area (Å²) in [5, 5.41) is -1.17. The Kier molecular flexibility index (Phi) is 7.91. The second kappa shape index (κ2) is 11.6. The molecule has 2 saturated heterocycles. The average molecular weight is 657 g/mol. The third-order valence-electron chi connectivity index (χ3n) is 8.02. The Hall–Kier alpha value is -4.27. The highest BCUT2D eigenvalue weighted by molar-refractivity contribution is 7.92. The Bertz CT molecular complexity index is 2030. The topological polar surface area (TPSA) is 128 Å². The summed E-state index contributed by atoms with van der Waals surface area (Å²) >= 11 is 6.64. The molecule has 11 nitrogen and oxygen atoms in total. The molecule has 4 aromatic rings. The molecule has 234 valence electrons.